The largest absolute Gasteiger partial charge is 0.322 e. The molecule has 1 N–H and O–H groups in total. The van der Waals surface area contributed by atoms with Crippen LogP contribution < -0.4 is 5.32 Å². The highest BCUT2D eigenvalue weighted by Crippen LogP contribution is 2.20. The molecule has 0 radical (unpaired) electrons. The van der Waals surface area contributed by atoms with E-state index in [-0.39, 0.29) is 5.91 Å². The summed E-state index contributed by atoms with van der Waals surface area (Å²) in [5.41, 5.74) is 5.62. The van der Waals surface area contributed by atoms with Crippen molar-refractivity contribution in [2.75, 3.05) is 5.32 Å². The second kappa shape index (κ2) is 6.85. The predicted molar refractivity (Wildman–Crippen MR) is 108 cm³/mol. The molecule has 27 heavy (non-hydrogen) atoms. The Morgan fingerprint density at radius 2 is 1.67 bits per heavy atom. The van der Waals surface area contributed by atoms with Gasteiger partial charge in [0, 0.05) is 16.3 Å². The molecule has 0 atom stereocenters. The van der Waals surface area contributed by atoms with Crippen LogP contribution in [0.1, 0.15) is 21.5 Å². The number of amides is 1. The third-order valence-electron chi connectivity index (χ3n) is 4.34. The zero-order valence-corrected chi connectivity index (χ0v) is 15.7. The number of anilines is 1. The molecule has 134 valence electrons. The van der Waals surface area contributed by atoms with Crippen molar-refractivity contribution in [2.24, 2.45) is 0 Å². The van der Waals surface area contributed by atoms with Gasteiger partial charge in [-0.2, -0.15) is 4.80 Å². The van der Waals surface area contributed by atoms with Gasteiger partial charge >= 0.3 is 0 Å². The Bertz CT molecular complexity index is 1150. The Labute approximate surface area is 161 Å². The average molecular weight is 377 g/mol. The van der Waals surface area contributed by atoms with Gasteiger partial charge in [-0.1, -0.05) is 35.4 Å². The Morgan fingerprint density at radius 1 is 0.926 bits per heavy atom. The highest BCUT2D eigenvalue weighted by Gasteiger charge is 2.10. The number of carbonyl (C=O) groups is 1. The maximum Gasteiger partial charge on any atom is 0.255 e. The molecule has 0 spiro atoms. The molecule has 4 aromatic rings. The summed E-state index contributed by atoms with van der Waals surface area (Å²) in [5.74, 6) is -0.220. The maximum atomic E-state index is 12.5. The standard InChI is InChI=1S/C21H17ClN4O/c1-13-3-8-17(9-4-13)26-24-19-10-7-16(12-20(19)25-26)23-21(27)15-6-5-14(2)18(22)11-15/h3-12H,1-2H3,(H,23,27). The quantitative estimate of drug-likeness (QED) is 0.550. The highest BCUT2D eigenvalue weighted by atomic mass is 35.5. The van der Waals surface area contributed by atoms with Crippen LogP contribution in [0.25, 0.3) is 16.7 Å². The van der Waals surface area contributed by atoms with Crippen LogP contribution in [0, 0.1) is 13.8 Å². The number of carbonyl (C=O) groups excluding carboxylic acids is 1. The number of fused-ring (bicyclic) bond motifs is 1. The van der Waals surface area contributed by atoms with Crippen molar-refractivity contribution in [2.45, 2.75) is 13.8 Å². The Morgan fingerprint density at radius 3 is 2.41 bits per heavy atom. The van der Waals surface area contributed by atoms with E-state index in [1.165, 1.54) is 5.56 Å². The maximum absolute atomic E-state index is 12.5. The molecule has 0 aliphatic rings. The first kappa shape index (κ1) is 17.2. The van der Waals surface area contributed by atoms with Crippen molar-refractivity contribution in [3.05, 3.63) is 82.4 Å². The Balaban J connectivity index is 1.60. The molecule has 4 rings (SSSR count). The second-order valence-electron chi connectivity index (χ2n) is 6.45. The number of nitrogens with one attached hydrogen (secondary N) is 1. The zero-order chi connectivity index (χ0) is 19.0. The summed E-state index contributed by atoms with van der Waals surface area (Å²) in [6.45, 7) is 3.93. The molecule has 1 heterocycles. The monoisotopic (exact) mass is 376 g/mol. The van der Waals surface area contributed by atoms with Crippen molar-refractivity contribution < 1.29 is 4.79 Å². The van der Waals surface area contributed by atoms with Crippen molar-refractivity contribution in [1.82, 2.24) is 15.0 Å². The molecule has 6 heteroatoms. The zero-order valence-electron chi connectivity index (χ0n) is 14.9. The van der Waals surface area contributed by atoms with Crippen LogP contribution >= 0.6 is 11.6 Å². The number of nitrogens with zero attached hydrogens (tertiary/aromatic N) is 3. The molecular weight excluding hydrogens is 360 g/mol. The minimum atomic E-state index is -0.220. The van der Waals surface area contributed by atoms with Gasteiger partial charge in [-0.3, -0.25) is 4.79 Å². The molecule has 0 aliphatic heterocycles. The Hall–Kier alpha value is -3.18. The summed E-state index contributed by atoms with van der Waals surface area (Å²) in [6, 6.07) is 18.7. The van der Waals surface area contributed by atoms with Gasteiger partial charge in [0.15, 0.2) is 0 Å². The van der Waals surface area contributed by atoms with E-state index in [1.807, 2.05) is 56.3 Å². The van der Waals surface area contributed by atoms with Crippen LogP contribution in [-0.2, 0) is 0 Å². The van der Waals surface area contributed by atoms with E-state index >= 15 is 0 Å². The molecule has 3 aromatic carbocycles. The summed E-state index contributed by atoms with van der Waals surface area (Å²) in [7, 11) is 0. The lowest BCUT2D eigenvalue weighted by Crippen LogP contribution is -2.11. The highest BCUT2D eigenvalue weighted by molar-refractivity contribution is 6.31. The number of aromatic nitrogens is 3. The fraction of sp³-hybridized carbons (Fsp3) is 0.0952. The molecule has 1 amide bonds. The molecule has 1 aromatic heterocycles. The topological polar surface area (TPSA) is 59.8 Å². The van der Waals surface area contributed by atoms with Gasteiger partial charge in [0.1, 0.15) is 11.0 Å². The molecule has 0 saturated heterocycles. The fourth-order valence-electron chi connectivity index (χ4n) is 2.72. The van der Waals surface area contributed by atoms with E-state index < -0.39 is 0 Å². The average Bonchev–Trinajstić information content (AvgIpc) is 3.07. The fourth-order valence-corrected chi connectivity index (χ4v) is 2.90. The predicted octanol–water partition coefficient (Wildman–Crippen LogP) is 4.94. The van der Waals surface area contributed by atoms with Crippen LogP contribution in [-0.4, -0.2) is 20.9 Å². The molecule has 0 bridgehead atoms. The van der Waals surface area contributed by atoms with Crippen LogP contribution in [0.4, 0.5) is 5.69 Å². The van der Waals surface area contributed by atoms with Crippen LogP contribution in [0.3, 0.4) is 0 Å². The minimum absolute atomic E-state index is 0.220. The van der Waals surface area contributed by atoms with E-state index in [4.69, 9.17) is 11.6 Å². The van der Waals surface area contributed by atoms with E-state index in [2.05, 4.69) is 15.5 Å². The smallest absolute Gasteiger partial charge is 0.255 e. The number of hydrogen-bond acceptors (Lipinski definition) is 3. The lowest BCUT2D eigenvalue weighted by molar-refractivity contribution is 0.102. The van der Waals surface area contributed by atoms with Crippen LogP contribution in [0.5, 0.6) is 0 Å². The van der Waals surface area contributed by atoms with E-state index in [9.17, 15) is 4.79 Å². The summed E-state index contributed by atoms with van der Waals surface area (Å²) in [5, 5.41) is 12.4. The molecule has 5 nitrogen and oxygen atoms in total. The summed E-state index contributed by atoms with van der Waals surface area (Å²) in [6.07, 6.45) is 0. The Kier molecular flexibility index (Phi) is 4.38. The lowest BCUT2D eigenvalue weighted by atomic mass is 10.1. The van der Waals surface area contributed by atoms with Crippen molar-refractivity contribution >= 4 is 34.2 Å². The summed E-state index contributed by atoms with van der Waals surface area (Å²) >= 11 is 6.11. The SMILES string of the molecule is Cc1ccc(-n2nc3ccc(NC(=O)c4ccc(C)c(Cl)c4)cc3n2)cc1. The number of hydrogen-bond donors (Lipinski definition) is 1. The van der Waals surface area contributed by atoms with Gasteiger partial charge in [0.05, 0.1) is 5.69 Å². The summed E-state index contributed by atoms with van der Waals surface area (Å²) < 4.78 is 0. The summed E-state index contributed by atoms with van der Waals surface area (Å²) in [4.78, 5) is 14.1. The molecule has 0 fully saturated rings. The molecule has 0 aliphatic carbocycles. The van der Waals surface area contributed by atoms with Gasteiger partial charge in [0.2, 0.25) is 0 Å². The molecule has 0 unspecified atom stereocenters. The second-order valence-corrected chi connectivity index (χ2v) is 6.85. The number of halogens is 1. The lowest BCUT2D eigenvalue weighted by Gasteiger charge is -2.06. The third-order valence-corrected chi connectivity index (χ3v) is 4.74. The number of benzene rings is 3. The first-order valence-corrected chi connectivity index (χ1v) is 8.89. The van der Waals surface area contributed by atoms with Gasteiger partial charge in [-0.15, -0.1) is 10.2 Å². The number of rotatable bonds is 3. The van der Waals surface area contributed by atoms with Gasteiger partial charge in [-0.05, 0) is 61.9 Å². The first-order valence-electron chi connectivity index (χ1n) is 8.51. The number of aryl methyl sites for hydroxylation is 2. The van der Waals surface area contributed by atoms with E-state index in [0.29, 0.717) is 21.8 Å². The van der Waals surface area contributed by atoms with Gasteiger partial charge < -0.3 is 5.32 Å². The van der Waals surface area contributed by atoms with Gasteiger partial charge in [-0.25, -0.2) is 0 Å². The first-order chi connectivity index (χ1) is 13.0. The minimum Gasteiger partial charge on any atom is -0.322 e. The van der Waals surface area contributed by atoms with E-state index in [1.54, 1.807) is 23.0 Å². The van der Waals surface area contributed by atoms with Gasteiger partial charge in [0.25, 0.3) is 5.91 Å². The molecule has 0 saturated carbocycles. The van der Waals surface area contributed by atoms with Crippen LogP contribution in [0.15, 0.2) is 60.7 Å². The van der Waals surface area contributed by atoms with Crippen LogP contribution in [0.2, 0.25) is 5.02 Å². The third kappa shape index (κ3) is 3.55. The van der Waals surface area contributed by atoms with Crippen molar-refractivity contribution in [1.29, 1.82) is 0 Å². The normalized spacial score (nSPS) is 10.9. The van der Waals surface area contributed by atoms with E-state index in [0.717, 1.165) is 16.8 Å². The van der Waals surface area contributed by atoms with Crippen molar-refractivity contribution in [3.63, 3.8) is 0 Å². The molecular formula is C21H17ClN4O. The van der Waals surface area contributed by atoms with Crippen molar-refractivity contribution in [3.8, 4) is 5.69 Å².